The van der Waals surface area contributed by atoms with Gasteiger partial charge in [0.1, 0.15) is 11.8 Å². The van der Waals surface area contributed by atoms with Gasteiger partial charge in [0, 0.05) is 12.1 Å². The van der Waals surface area contributed by atoms with Gasteiger partial charge in [-0.3, -0.25) is 4.79 Å². The zero-order chi connectivity index (χ0) is 13.3. The van der Waals surface area contributed by atoms with Crippen molar-refractivity contribution in [3.05, 3.63) is 29.3 Å². The molecule has 2 N–H and O–H groups in total. The van der Waals surface area contributed by atoms with E-state index in [1.165, 1.54) is 23.1 Å². The molecule has 0 spiro atoms. The van der Waals surface area contributed by atoms with E-state index in [1.54, 1.807) is 6.92 Å². The van der Waals surface area contributed by atoms with Crippen LogP contribution in [-0.4, -0.2) is 39.6 Å². The van der Waals surface area contributed by atoms with E-state index in [0.717, 1.165) is 0 Å². The number of hydrogen-bond donors (Lipinski definition) is 2. The third-order valence-corrected chi connectivity index (χ3v) is 3.24. The molecule has 0 bridgehead atoms. The summed E-state index contributed by atoms with van der Waals surface area (Å²) in [5.74, 6) is -1.14. The fraction of sp³-hybridized carbons (Fsp3) is 0.385. The standard InChI is InChI=1S/C13H15NO4/c1-8-7-9(15)4-5-10(8)12(16)14-6-2-3-11(14)13(17)18/h4-5,7,11,15H,2-3,6H2,1H3,(H,17,18)/t11-/m0/s1. The van der Waals surface area contributed by atoms with Gasteiger partial charge in [-0.05, 0) is 43.5 Å². The van der Waals surface area contributed by atoms with Crippen molar-refractivity contribution in [1.29, 1.82) is 0 Å². The molecule has 96 valence electrons. The summed E-state index contributed by atoms with van der Waals surface area (Å²) in [4.78, 5) is 24.7. The van der Waals surface area contributed by atoms with Gasteiger partial charge >= 0.3 is 5.97 Å². The highest BCUT2D eigenvalue weighted by Gasteiger charge is 2.34. The minimum absolute atomic E-state index is 0.0975. The average Bonchev–Trinajstić information content (AvgIpc) is 2.77. The fourth-order valence-corrected chi connectivity index (χ4v) is 2.31. The smallest absolute Gasteiger partial charge is 0.326 e. The third kappa shape index (κ3) is 2.16. The molecule has 0 saturated carbocycles. The number of phenolic OH excluding ortho intramolecular Hbond substituents is 1. The molecule has 1 aromatic rings. The van der Waals surface area contributed by atoms with E-state index in [1.807, 2.05) is 0 Å². The van der Waals surface area contributed by atoms with Gasteiger partial charge in [0.2, 0.25) is 0 Å². The largest absolute Gasteiger partial charge is 0.508 e. The molecule has 18 heavy (non-hydrogen) atoms. The first-order valence-electron chi connectivity index (χ1n) is 5.84. The quantitative estimate of drug-likeness (QED) is 0.830. The second-order valence-corrected chi connectivity index (χ2v) is 4.49. The van der Waals surface area contributed by atoms with Crippen molar-refractivity contribution in [3.8, 4) is 5.75 Å². The summed E-state index contributed by atoms with van der Waals surface area (Å²) in [6.45, 7) is 2.19. The number of phenols is 1. The number of benzene rings is 1. The maximum absolute atomic E-state index is 12.3. The van der Waals surface area contributed by atoms with Gasteiger partial charge in [0.15, 0.2) is 0 Å². The molecule has 5 heteroatoms. The van der Waals surface area contributed by atoms with Crippen LogP contribution >= 0.6 is 0 Å². The van der Waals surface area contributed by atoms with Crippen molar-refractivity contribution in [3.63, 3.8) is 0 Å². The van der Waals surface area contributed by atoms with Crippen LogP contribution in [-0.2, 0) is 4.79 Å². The molecule has 1 heterocycles. The van der Waals surface area contributed by atoms with Crippen LogP contribution < -0.4 is 0 Å². The zero-order valence-corrected chi connectivity index (χ0v) is 10.1. The Bertz CT molecular complexity index is 498. The lowest BCUT2D eigenvalue weighted by molar-refractivity contribution is -0.141. The van der Waals surface area contributed by atoms with Gasteiger partial charge in [-0.15, -0.1) is 0 Å². The van der Waals surface area contributed by atoms with Crippen LogP contribution in [0.15, 0.2) is 18.2 Å². The minimum Gasteiger partial charge on any atom is -0.508 e. The number of carboxylic acids is 1. The lowest BCUT2D eigenvalue weighted by atomic mass is 10.1. The van der Waals surface area contributed by atoms with Crippen LogP contribution in [0.25, 0.3) is 0 Å². The number of hydrogen-bond acceptors (Lipinski definition) is 3. The van der Waals surface area contributed by atoms with Crippen molar-refractivity contribution >= 4 is 11.9 Å². The summed E-state index contributed by atoms with van der Waals surface area (Å²) in [5.41, 5.74) is 1.09. The number of carboxylic acid groups (broad SMARTS) is 1. The van der Waals surface area contributed by atoms with Crippen molar-refractivity contribution in [2.45, 2.75) is 25.8 Å². The lowest BCUT2D eigenvalue weighted by Crippen LogP contribution is -2.40. The molecule has 1 fully saturated rings. The molecule has 1 aliphatic rings. The van der Waals surface area contributed by atoms with E-state index in [4.69, 9.17) is 5.11 Å². The molecule has 0 aliphatic carbocycles. The number of carbonyl (C=O) groups excluding carboxylic acids is 1. The van der Waals surface area contributed by atoms with Gasteiger partial charge in [-0.1, -0.05) is 0 Å². The van der Waals surface area contributed by atoms with Gasteiger partial charge in [0.05, 0.1) is 0 Å². The van der Waals surface area contributed by atoms with E-state index in [9.17, 15) is 14.7 Å². The van der Waals surface area contributed by atoms with Crippen molar-refractivity contribution in [2.75, 3.05) is 6.54 Å². The molecule has 1 amide bonds. The van der Waals surface area contributed by atoms with Crippen LogP contribution in [0, 0.1) is 6.92 Å². The lowest BCUT2D eigenvalue weighted by Gasteiger charge is -2.22. The molecule has 1 atom stereocenters. The Morgan fingerprint density at radius 3 is 2.72 bits per heavy atom. The summed E-state index contributed by atoms with van der Waals surface area (Å²) in [6.07, 6.45) is 1.21. The first-order valence-corrected chi connectivity index (χ1v) is 5.84. The fourth-order valence-electron chi connectivity index (χ4n) is 2.31. The van der Waals surface area contributed by atoms with E-state index >= 15 is 0 Å². The summed E-state index contributed by atoms with van der Waals surface area (Å²) in [6, 6.07) is 3.74. The van der Waals surface area contributed by atoms with Crippen LogP contribution in [0.5, 0.6) is 5.75 Å². The van der Waals surface area contributed by atoms with Crippen LogP contribution in [0.3, 0.4) is 0 Å². The number of aliphatic carboxylic acids is 1. The molecule has 0 aromatic heterocycles. The number of rotatable bonds is 2. The summed E-state index contributed by atoms with van der Waals surface area (Å²) >= 11 is 0. The Morgan fingerprint density at radius 1 is 1.39 bits per heavy atom. The maximum atomic E-state index is 12.3. The summed E-state index contributed by atoms with van der Waals surface area (Å²) in [5, 5.41) is 18.4. The van der Waals surface area contributed by atoms with Crippen LogP contribution in [0.2, 0.25) is 0 Å². The van der Waals surface area contributed by atoms with Crippen molar-refractivity contribution in [1.82, 2.24) is 4.90 Å². The average molecular weight is 249 g/mol. The Labute approximate surface area is 105 Å². The number of amides is 1. The van der Waals surface area contributed by atoms with Gasteiger partial charge in [-0.25, -0.2) is 4.79 Å². The van der Waals surface area contributed by atoms with E-state index in [0.29, 0.717) is 30.5 Å². The molecule has 1 aliphatic heterocycles. The first kappa shape index (κ1) is 12.4. The Kier molecular flexibility index (Phi) is 3.23. The number of carbonyl (C=O) groups is 2. The third-order valence-electron chi connectivity index (χ3n) is 3.24. The molecule has 0 radical (unpaired) electrons. The Hall–Kier alpha value is -2.04. The number of likely N-dealkylation sites (tertiary alicyclic amines) is 1. The second-order valence-electron chi connectivity index (χ2n) is 4.49. The number of aromatic hydroxyl groups is 1. The monoisotopic (exact) mass is 249 g/mol. The first-order chi connectivity index (χ1) is 8.50. The maximum Gasteiger partial charge on any atom is 0.326 e. The van der Waals surface area contributed by atoms with Gasteiger partial charge < -0.3 is 15.1 Å². The van der Waals surface area contributed by atoms with Crippen LogP contribution in [0.1, 0.15) is 28.8 Å². The predicted octanol–water partition coefficient (Wildman–Crippen LogP) is 1.39. The van der Waals surface area contributed by atoms with Gasteiger partial charge in [0.25, 0.3) is 5.91 Å². The van der Waals surface area contributed by atoms with E-state index in [-0.39, 0.29) is 11.7 Å². The zero-order valence-electron chi connectivity index (χ0n) is 10.1. The summed E-state index contributed by atoms with van der Waals surface area (Å²) in [7, 11) is 0. The van der Waals surface area contributed by atoms with Crippen LogP contribution in [0.4, 0.5) is 0 Å². The highest BCUT2D eigenvalue weighted by Crippen LogP contribution is 2.23. The molecule has 2 rings (SSSR count). The van der Waals surface area contributed by atoms with E-state index < -0.39 is 12.0 Å². The molecule has 1 aromatic carbocycles. The Balaban J connectivity index is 2.28. The van der Waals surface area contributed by atoms with Crippen molar-refractivity contribution < 1.29 is 19.8 Å². The second kappa shape index (κ2) is 4.68. The number of nitrogens with zero attached hydrogens (tertiary/aromatic N) is 1. The normalized spacial score (nSPS) is 18.9. The molecule has 0 unspecified atom stereocenters. The van der Waals surface area contributed by atoms with E-state index in [2.05, 4.69) is 0 Å². The molecule has 5 nitrogen and oxygen atoms in total. The topological polar surface area (TPSA) is 77.8 Å². The highest BCUT2D eigenvalue weighted by molar-refractivity contribution is 5.98. The summed E-state index contributed by atoms with van der Waals surface area (Å²) < 4.78 is 0. The predicted molar refractivity (Wildman–Crippen MR) is 64.5 cm³/mol. The van der Waals surface area contributed by atoms with Gasteiger partial charge in [-0.2, -0.15) is 0 Å². The molecular formula is C13H15NO4. The minimum atomic E-state index is -0.961. The number of aryl methyl sites for hydroxylation is 1. The Morgan fingerprint density at radius 2 is 2.11 bits per heavy atom. The molecule has 1 saturated heterocycles. The highest BCUT2D eigenvalue weighted by atomic mass is 16.4. The van der Waals surface area contributed by atoms with Crippen molar-refractivity contribution in [2.24, 2.45) is 0 Å². The molecular weight excluding hydrogens is 234 g/mol. The SMILES string of the molecule is Cc1cc(O)ccc1C(=O)N1CCC[C@H]1C(=O)O.